The summed E-state index contributed by atoms with van der Waals surface area (Å²) in [5.74, 6) is -0.937. The second-order valence-electron chi connectivity index (χ2n) is 3.71. The van der Waals surface area contributed by atoms with Gasteiger partial charge in [-0.25, -0.2) is 8.42 Å². The van der Waals surface area contributed by atoms with Crippen LogP contribution in [0.1, 0.15) is 15.9 Å². The molecule has 1 rings (SSSR count). The van der Waals surface area contributed by atoms with E-state index < -0.39 is 27.7 Å². The molecule has 0 fully saturated rings. The third-order valence-electron chi connectivity index (χ3n) is 2.17. The molecule has 9 heteroatoms. The van der Waals surface area contributed by atoms with Gasteiger partial charge in [0, 0.05) is 16.2 Å². The zero-order chi connectivity index (χ0) is 14.8. The molecule has 1 N–H and O–H groups in total. The number of amides is 1. The van der Waals surface area contributed by atoms with Crippen LogP contribution in [0.15, 0.2) is 23.1 Å². The highest BCUT2D eigenvalue weighted by atomic mass is 35.7. The van der Waals surface area contributed by atoms with E-state index in [1.807, 2.05) is 0 Å². The van der Waals surface area contributed by atoms with Gasteiger partial charge in [0.05, 0.1) is 4.90 Å². The second-order valence-corrected chi connectivity index (χ2v) is 6.28. The van der Waals surface area contributed by atoms with Crippen molar-refractivity contribution in [2.45, 2.75) is 18.0 Å². The van der Waals surface area contributed by atoms with E-state index >= 15 is 0 Å². The minimum atomic E-state index is -4.51. The molecule has 0 bridgehead atoms. The van der Waals surface area contributed by atoms with Gasteiger partial charge >= 0.3 is 6.18 Å². The lowest BCUT2D eigenvalue weighted by Crippen LogP contribution is -2.34. The van der Waals surface area contributed by atoms with Crippen LogP contribution in [-0.4, -0.2) is 27.0 Å². The number of benzene rings is 1. The van der Waals surface area contributed by atoms with Crippen molar-refractivity contribution in [3.05, 3.63) is 29.3 Å². The molecule has 0 aromatic heterocycles. The van der Waals surface area contributed by atoms with Crippen molar-refractivity contribution < 1.29 is 26.4 Å². The van der Waals surface area contributed by atoms with Crippen LogP contribution in [-0.2, 0) is 9.05 Å². The Morgan fingerprint density at radius 3 is 2.37 bits per heavy atom. The summed E-state index contributed by atoms with van der Waals surface area (Å²) in [7, 11) is 1.16. The number of hydrogen-bond donors (Lipinski definition) is 1. The van der Waals surface area contributed by atoms with Crippen LogP contribution in [0, 0.1) is 6.92 Å². The van der Waals surface area contributed by atoms with E-state index in [2.05, 4.69) is 0 Å². The third-order valence-corrected chi connectivity index (χ3v) is 3.52. The van der Waals surface area contributed by atoms with Gasteiger partial charge in [-0.15, -0.1) is 0 Å². The fourth-order valence-corrected chi connectivity index (χ4v) is 2.15. The highest BCUT2D eigenvalue weighted by molar-refractivity contribution is 8.13. The zero-order valence-corrected chi connectivity index (χ0v) is 11.2. The SMILES string of the molecule is Cc1cc(S(=O)(=O)Cl)ccc1C(=O)NCC(F)(F)F. The second kappa shape index (κ2) is 5.38. The number of alkyl halides is 3. The maximum atomic E-state index is 11.9. The smallest absolute Gasteiger partial charge is 0.343 e. The van der Waals surface area contributed by atoms with Crippen LogP contribution < -0.4 is 5.32 Å². The maximum absolute atomic E-state index is 11.9. The molecule has 0 radical (unpaired) electrons. The Kier molecular flexibility index (Phi) is 4.46. The van der Waals surface area contributed by atoms with Crippen molar-refractivity contribution in [2.24, 2.45) is 0 Å². The number of aryl methyl sites for hydroxylation is 1. The van der Waals surface area contributed by atoms with E-state index in [-0.39, 0.29) is 16.0 Å². The third kappa shape index (κ3) is 4.71. The minimum absolute atomic E-state index is 0.0479. The molecule has 0 aliphatic heterocycles. The van der Waals surface area contributed by atoms with Crippen LogP contribution >= 0.6 is 10.7 Å². The predicted molar refractivity (Wildman–Crippen MR) is 62.6 cm³/mol. The zero-order valence-electron chi connectivity index (χ0n) is 9.58. The number of halogens is 4. The molecule has 0 aliphatic rings. The summed E-state index contributed by atoms with van der Waals surface area (Å²) in [6.45, 7) is -0.0606. The molecule has 0 spiro atoms. The summed E-state index contributed by atoms with van der Waals surface area (Å²) >= 11 is 0. The summed E-state index contributed by atoms with van der Waals surface area (Å²) in [4.78, 5) is 11.3. The normalized spacial score (nSPS) is 12.3. The molecule has 1 aromatic carbocycles. The Balaban J connectivity index is 2.95. The molecule has 1 aromatic rings. The molecule has 0 saturated heterocycles. The summed E-state index contributed by atoms with van der Waals surface area (Å²) < 4.78 is 57.9. The van der Waals surface area contributed by atoms with Gasteiger partial charge in [-0.05, 0) is 30.7 Å². The topological polar surface area (TPSA) is 63.2 Å². The Morgan fingerprint density at radius 1 is 1.37 bits per heavy atom. The van der Waals surface area contributed by atoms with Crippen LogP contribution in [0.2, 0.25) is 0 Å². The highest BCUT2D eigenvalue weighted by Crippen LogP contribution is 2.19. The monoisotopic (exact) mass is 315 g/mol. The van der Waals surface area contributed by atoms with E-state index in [0.717, 1.165) is 18.2 Å². The predicted octanol–water partition coefficient (Wildman–Crippen LogP) is 2.21. The van der Waals surface area contributed by atoms with Gasteiger partial charge in [0.2, 0.25) is 0 Å². The van der Waals surface area contributed by atoms with Gasteiger partial charge in [-0.2, -0.15) is 13.2 Å². The first-order valence-corrected chi connectivity index (χ1v) is 7.22. The van der Waals surface area contributed by atoms with E-state index in [9.17, 15) is 26.4 Å². The largest absolute Gasteiger partial charge is 0.405 e. The van der Waals surface area contributed by atoms with Gasteiger partial charge < -0.3 is 5.32 Å². The van der Waals surface area contributed by atoms with Gasteiger partial charge in [0.25, 0.3) is 15.0 Å². The lowest BCUT2D eigenvalue weighted by atomic mass is 10.1. The van der Waals surface area contributed by atoms with Crippen molar-refractivity contribution in [2.75, 3.05) is 6.54 Å². The average molecular weight is 316 g/mol. The molecule has 0 heterocycles. The first-order chi connectivity index (χ1) is 8.50. The quantitative estimate of drug-likeness (QED) is 0.870. The molecule has 19 heavy (non-hydrogen) atoms. The van der Waals surface area contributed by atoms with Gasteiger partial charge in [0.1, 0.15) is 6.54 Å². The fourth-order valence-electron chi connectivity index (χ4n) is 1.32. The standard InChI is InChI=1S/C10H9ClF3NO3S/c1-6-4-7(19(11,17)18)2-3-8(6)9(16)15-5-10(12,13)14/h2-4H,5H2,1H3,(H,15,16). The number of hydrogen-bond acceptors (Lipinski definition) is 3. The molecule has 0 unspecified atom stereocenters. The first-order valence-electron chi connectivity index (χ1n) is 4.91. The molecule has 106 valence electrons. The summed E-state index contributed by atoms with van der Waals surface area (Å²) in [6.07, 6.45) is -4.51. The summed E-state index contributed by atoms with van der Waals surface area (Å²) in [6, 6.07) is 3.28. The highest BCUT2D eigenvalue weighted by Gasteiger charge is 2.28. The summed E-state index contributed by atoms with van der Waals surface area (Å²) in [5.41, 5.74) is 0.162. The molecule has 4 nitrogen and oxygen atoms in total. The van der Waals surface area contributed by atoms with Crippen molar-refractivity contribution in [1.29, 1.82) is 0 Å². The first kappa shape index (κ1) is 15.8. The Labute approximate surface area is 112 Å². The lowest BCUT2D eigenvalue weighted by molar-refractivity contribution is -0.123. The van der Waals surface area contributed by atoms with Crippen molar-refractivity contribution >= 4 is 25.6 Å². The average Bonchev–Trinajstić information content (AvgIpc) is 2.23. The number of carbonyl (C=O) groups excluding carboxylic acids is 1. The van der Waals surface area contributed by atoms with Gasteiger partial charge in [-0.1, -0.05) is 0 Å². The Morgan fingerprint density at radius 2 is 1.95 bits per heavy atom. The molecule has 0 aliphatic carbocycles. The van der Waals surface area contributed by atoms with Crippen LogP contribution in [0.3, 0.4) is 0 Å². The maximum Gasteiger partial charge on any atom is 0.405 e. The van der Waals surface area contributed by atoms with E-state index in [0.29, 0.717) is 0 Å². The number of carbonyl (C=O) groups is 1. The molecular formula is C10H9ClF3NO3S. The van der Waals surface area contributed by atoms with Gasteiger partial charge in [-0.3, -0.25) is 4.79 Å². The van der Waals surface area contributed by atoms with Crippen LogP contribution in [0.4, 0.5) is 13.2 Å². The molecule has 1 amide bonds. The van der Waals surface area contributed by atoms with Crippen molar-refractivity contribution in [1.82, 2.24) is 5.32 Å². The number of rotatable bonds is 3. The minimum Gasteiger partial charge on any atom is -0.343 e. The fraction of sp³-hybridized carbons (Fsp3) is 0.300. The van der Waals surface area contributed by atoms with E-state index in [1.165, 1.54) is 6.92 Å². The molecular weight excluding hydrogens is 307 g/mol. The molecule has 0 saturated carbocycles. The van der Waals surface area contributed by atoms with Crippen molar-refractivity contribution in [3.8, 4) is 0 Å². The van der Waals surface area contributed by atoms with E-state index in [1.54, 1.807) is 5.32 Å². The van der Waals surface area contributed by atoms with Crippen LogP contribution in [0.5, 0.6) is 0 Å². The van der Waals surface area contributed by atoms with Crippen LogP contribution in [0.25, 0.3) is 0 Å². The van der Waals surface area contributed by atoms with E-state index in [4.69, 9.17) is 10.7 Å². The van der Waals surface area contributed by atoms with Crippen molar-refractivity contribution in [3.63, 3.8) is 0 Å². The Bertz CT molecular complexity index is 599. The van der Waals surface area contributed by atoms with Gasteiger partial charge in [0.15, 0.2) is 0 Å². The summed E-state index contributed by atoms with van der Waals surface area (Å²) in [5, 5.41) is 1.69. The lowest BCUT2D eigenvalue weighted by Gasteiger charge is -2.10. The number of nitrogens with one attached hydrogen (secondary N) is 1. The molecule has 0 atom stereocenters. The Hall–Kier alpha value is -1.28.